The van der Waals surface area contributed by atoms with Gasteiger partial charge in [-0.3, -0.25) is 9.79 Å². The molecule has 0 aliphatic carbocycles. The monoisotopic (exact) mass is 350 g/mol. The predicted octanol–water partition coefficient (Wildman–Crippen LogP) is -0.497. The van der Waals surface area contributed by atoms with Crippen LogP contribution in [-0.4, -0.2) is 64.5 Å². The van der Waals surface area contributed by atoms with Crippen molar-refractivity contribution in [2.24, 2.45) is 22.4 Å². The lowest BCUT2D eigenvalue weighted by Crippen LogP contribution is -2.49. The lowest BCUT2D eigenvalue weighted by molar-refractivity contribution is -0.137. The van der Waals surface area contributed by atoms with Crippen molar-refractivity contribution in [2.75, 3.05) is 32.7 Å². The first kappa shape index (κ1) is 19.2. The zero-order chi connectivity index (χ0) is 18.2. The number of aryl methyl sites for hydroxylation is 1. The zero-order valence-corrected chi connectivity index (χ0v) is 15.2. The Hall–Kier alpha value is -2.16. The molecule has 1 aliphatic heterocycles. The van der Waals surface area contributed by atoms with E-state index in [0.717, 1.165) is 51.1 Å². The summed E-state index contributed by atoms with van der Waals surface area (Å²) in [6, 6.07) is -0.304. The third-order valence-electron chi connectivity index (χ3n) is 4.59. The van der Waals surface area contributed by atoms with Gasteiger partial charge in [0.05, 0.1) is 5.69 Å². The van der Waals surface area contributed by atoms with Gasteiger partial charge in [-0.25, -0.2) is 4.68 Å². The molecule has 0 bridgehead atoms. The second kappa shape index (κ2) is 9.36. The van der Waals surface area contributed by atoms with Crippen LogP contribution >= 0.6 is 0 Å². The van der Waals surface area contributed by atoms with Crippen LogP contribution < -0.4 is 16.8 Å². The van der Waals surface area contributed by atoms with Gasteiger partial charge in [-0.1, -0.05) is 25.5 Å². The summed E-state index contributed by atoms with van der Waals surface area (Å²) >= 11 is 0. The van der Waals surface area contributed by atoms with Crippen molar-refractivity contribution in [1.29, 1.82) is 0 Å². The molecule has 2 rings (SSSR count). The molecule has 0 saturated carbocycles. The van der Waals surface area contributed by atoms with E-state index < -0.39 is 0 Å². The molecule has 1 fully saturated rings. The first-order chi connectivity index (χ1) is 12.0. The van der Waals surface area contributed by atoms with Crippen LogP contribution in [0.25, 0.3) is 0 Å². The molecule has 1 aromatic rings. The van der Waals surface area contributed by atoms with E-state index in [0.29, 0.717) is 6.54 Å². The first-order valence-corrected chi connectivity index (χ1v) is 8.98. The Bertz CT molecular complexity index is 574. The van der Waals surface area contributed by atoms with Crippen LogP contribution in [-0.2, 0) is 11.2 Å². The van der Waals surface area contributed by atoms with E-state index in [-0.39, 0.29) is 23.8 Å². The minimum atomic E-state index is -0.304. The Morgan fingerprint density at radius 1 is 1.40 bits per heavy atom. The molecule has 9 heteroatoms. The highest BCUT2D eigenvalue weighted by atomic mass is 16.2. The van der Waals surface area contributed by atoms with Crippen LogP contribution in [0.3, 0.4) is 0 Å². The SMILES string of the molecule is CCC(C)[C@H](C(=O)N1CCNCC1)n1cc(CCCN=C(N)N)nn1. The van der Waals surface area contributed by atoms with Crippen molar-refractivity contribution in [2.45, 2.75) is 39.2 Å². The maximum atomic E-state index is 13.0. The molecular weight excluding hydrogens is 320 g/mol. The van der Waals surface area contributed by atoms with Gasteiger partial charge in [0, 0.05) is 38.9 Å². The number of piperazine rings is 1. The highest BCUT2D eigenvalue weighted by Crippen LogP contribution is 2.23. The highest BCUT2D eigenvalue weighted by Gasteiger charge is 2.31. The number of rotatable bonds is 8. The number of carbonyl (C=O) groups excluding carboxylic acids is 1. The lowest BCUT2D eigenvalue weighted by atomic mass is 9.97. The molecule has 0 aromatic carbocycles. The van der Waals surface area contributed by atoms with Gasteiger partial charge in [0.1, 0.15) is 6.04 Å². The minimum Gasteiger partial charge on any atom is -0.370 e. The van der Waals surface area contributed by atoms with Gasteiger partial charge < -0.3 is 21.7 Å². The highest BCUT2D eigenvalue weighted by molar-refractivity contribution is 5.80. The molecule has 140 valence electrons. The summed E-state index contributed by atoms with van der Waals surface area (Å²) in [5, 5.41) is 11.7. The maximum absolute atomic E-state index is 13.0. The summed E-state index contributed by atoms with van der Waals surface area (Å²) in [5.74, 6) is 0.425. The van der Waals surface area contributed by atoms with Crippen LogP contribution in [0.1, 0.15) is 38.4 Å². The minimum absolute atomic E-state index is 0.0992. The van der Waals surface area contributed by atoms with E-state index in [1.165, 1.54) is 0 Å². The maximum Gasteiger partial charge on any atom is 0.247 e. The van der Waals surface area contributed by atoms with Crippen LogP contribution in [0.5, 0.6) is 0 Å². The topological polar surface area (TPSA) is 127 Å². The number of guanidine groups is 1. The fourth-order valence-corrected chi connectivity index (χ4v) is 2.95. The molecule has 1 saturated heterocycles. The van der Waals surface area contributed by atoms with E-state index in [1.807, 2.05) is 11.1 Å². The van der Waals surface area contributed by atoms with Gasteiger partial charge >= 0.3 is 0 Å². The lowest BCUT2D eigenvalue weighted by Gasteiger charge is -2.32. The quantitative estimate of drug-likeness (QED) is 0.330. The summed E-state index contributed by atoms with van der Waals surface area (Å²) in [6.45, 7) is 7.90. The second-order valence-corrected chi connectivity index (χ2v) is 6.51. The molecule has 1 unspecified atom stereocenters. The number of hydrogen-bond donors (Lipinski definition) is 3. The van der Waals surface area contributed by atoms with Crippen molar-refractivity contribution in [3.05, 3.63) is 11.9 Å². The Morgan fingerprint density at radius 2 is 2.12 bits per heavy atom. The molecule has 25 heavy (non-hydrogen) atoms. The summed E-state index contributed by atoms with van der Waals surface area (Å²) < 4.78 is 1.73. The zero-order valence-electron chi connectivity index (χ0n) is 15.2. The van der Waals surface area contributed by atoms with Gasteiger partial charge in [0.25, 0.3) is 0 Å². The van der Waals surface area contributed by atoms with Crippen LogP contribution in [0.15, 0.2) is 11.2 Å². The van der Waals surface area contributed by atoms with Crippen molar-refractivity contribution in [3.8, 4) is 0 Å². The first-order valence-electron chi connectivity index (χ1n) is 8.98. The van der Waals surface area contributed by atoms with Gasteiger partial charge in [0.15, 0.2) is 5.96 Å². The Balaban J connectivity index is 2.05. The van der Waals surface area contributed by atoms with Gasteiger partial charge in [-0.05, 0) is 18.8 Å². The molecule has 2 atom stereocenters. The predicted molar refractivity (Wildman–Crippen MR) is 97.0 cm³/mol. The van der Waals surface area contributed by atoms with Crippen molar-refractivity contribution >= 4 is 11.9 Å². The number of nitrogens with one attached hydrogen (secondary N) is 1. The third kappa shape index (κ3) is 5.42. The van der Waals surface area contributed by atoms with E-state index in [2.05, 4.69) is 34.5 Å². The second-order valence-electron chi connectivity index (χ2n) is 6.51. The number of hydrogen-bond acceptors (Lipinski definition) is 5. The third-order valence-corrected chi connectivity index (χ3v) is 4.59. The van der Waals surface area contributed by atoms with Gasteiger partial charge in [-0.2, -0.15) is 0 Å². The van der Waals surface area contributed by atoms with Gasteiger partial charge in [0.2, 0.25) is 5.91 Å². The van der Waals surface area contributed by atoms with Crippen molar-refractivity contribution < 1.29 is 4.79 Å². The smallest absolute Gasteiger partial charge is 0.247 e. The molecule has 1 aromatic heterocycles. The van der Waals surface area contributed by atoms with E-state index in [4.69, 9.17) is 11.5 Å². The molecule has 0 spiro atoms. The summed E-state index contributed by atoms with van der Waals surface area (Å²) in [4.78, 5) is 18.9. The standard InChI is InChI=1S/C16H30N8O/c1-3-12(2)14(15(25)23-9-7-19-8-10-23)24-11-13(21-22-24)5-4-6-20-16(17)18/h11-12,14,19H,3-10H2,1-2H3,(H4,17,18,20)/t12?,14-/m1/s1. The Labute approximate surface area is 148 Å². The Kier molecular flexibility index (Phi) is 7.17. The molecule has 0 radical (unpaired) electrons. The largest absolute Gasteiger partial charge is 0.370 e. The van der Waals surface area contributed by atoms with Crippen molar-refractivity contribution in [3.63, 3.8) is 0 Å². The molecule has 1 amide bonds. The molecule has 2 heterocycles. The molecular formula is C16H30N8O. The van der Waals surface area contributed by atoms with E-state index in [9.17, 15) is 4.79 Å². The summed E-state index contributed by atoms with van der Waals surface area (Å²) in [7, 11) is 0. The van der Waals surface area contributed by atoms with Crippen LogP contribution in [0.4, 0.5) is 0 Å². The van der Waals surface area contributed by atoms with E-state index in [1.54, 1.807) is 4.68 Å². The number of amides is 1. The summed E-state index contributed by atoms with van der Waals surface area (Å²) in [5.41, 5.74) is 11.5. The average molecular weight is 350 g/mol. The number of aromatic nitrogens is 3. The number of carbonyl (C=O) groups is 1. The van der Waals surface area contributed by atoms with E-state index >= 15 is 0 Å². The van der Waals surface area contributed by atoms with Crippen LogP contribution in [0, 0.1) is 5.92 Å². The molecule has 9 nitrogen and oxygen atoms in total. The Morgan fingerprint density at radius 3 is 2.76 bits per heavy atom. The number of nitrogens with two attached hydrogens (primary N) is 2. The number of nitrogens with zero attached hydrogens (tertiary/aromatic N) is 5. The fraction of sp³-hybridized carbons (Fsp3) is 0.750. The van der Waals surface area contributed by atoms with Gasteiger partial charge in [-0.15, -0.1) is 5.10 Å². The van der Waals surface area contributed by atoms with Crippen molar-refractivity contribution in [1.82, 2.24) is 25.2 Å². The molecule has 5 N–H and O–H groups in total. The fourth-order valence-electron chi connectivity index (χ4n) is 2.95. The normalized spacial score (nSPS) is 17.1. The molecule has 1 aliphatic rings. The van der Waals surface area contributed by atoms with Crippen LogP contribution in [0.2, 0.25) is 0 Å². The summed E-state index contributed by atoms with van der Waals surface area (Å²) in [6.07, 6.45) is 4.30. The average Bonchev–Trinajstić information content (AvgIpc) is 3.07. The number of aliphatic imine (C=N–C) groups is 1.